The highest BCUT2D eigenvalue weighted by Crippen LogP contribution is 2.35. The van der Waals surface area contributed by atoms with E-state index in [1.807, 2.05) is 12.1 Å². The number of fused-ring (bicyclic) bond motifs is 1. The highest BCUT2D eigenvalue weighted by atomic mass is 35.5. The van der Waals surface area contributed by atoms with Gasteiger partial charge in [-0.1, -0.05) is 35.9 Å². The number of carbonyl (C=O) groups is 3. The van der Waals surface area contributed by atoms with Gasteiger partial charge in [0.15, 0.2) is 0 Å². The minimum absolute atomic E-state index is 0.00484. The summed E-state index contributed by atoms with van der Waals surface area (Å²) in [5.41, 5.74) is 0.0229. The van der Waals surface area contributed by atoms with Gasteiger partial charge in [0.25, 0.3) is 5.91 Å². The number of ketones is 1. The number of esters is 1. The number of likely N-dealkylation sites (tertiary alicyclic amines) is 1. The Morgan fingerprint density at radius 2 is 1.81 bits per heavy atom. The summed E-state index contributed by atoms with van der Waals surface area (Å²) in [4.78, 5) is 43.8. The van der Waals surface area contributed by atoms with E-state index in [0.29, 0.717) is 57.0 Å². The van der Waals surface area contributed by atoms with Crippen LogP contribution in [0.15, 0.2) is 48.7 Å². The molecule has 5 rings (SSSR count). The van der Waals surface area contributed by atoms with E-state index in [-0.39, 0.29) is 33.9 Å². The van der Waals surface area contributed by atoms with Crippen molar-refractivity contribution in [2.45, 2.75) is 57.0 Å². The third-order valence-corrected chi connectivity index (χ3v) is 8.33. The summed E-state index contributed by atoms with van der Waals surface area (Å²) in [6, 6.07) is 11.2. The molecule has 2 aliphatic rings. The van der Waals surface area contributed by atoms with Gasteiger partial charge in [-0.15, -0.1) is 0 Å². The minimum Gasteiger partial charge on any atom is -0.469 e. The van der Waals surface area contributed by atoms with Crippen molar-refractivity contribution in [2.75, 3.05) is 25.5 Å². The molecule has 1 amide bonds. The molecule has 1 saturated carbocycles. The molecule has 0 spiro atoms. The number of nitrogens with zero attached hydrogens (tertiary/aromatic N) is 2. The summed E-state index contributed by atoms with van der Waals surface area (Å²) < 4.78 is 42.4. The van der Waals surface area contributed by atoms with Crippen molar-refractivity contribution in [3.8, 4) is 0 Å². The smallest absolute Gasteiger partial charge is 0.330 e. The molecule has 1 aliphatic carbocycles. The van der Waals surface area contributed by atoms with Gasteiger partial charge in [0.05, 0.1) is 29.8 Å². The van der Waals surface area contributed by atoms with Crippen molar-refractivity contribution >= 4 is 45.7 Å². The predicted molar refractivity (Wildman–Crippen MR) is 153 cm³/mol. The zero-order valence-electron chi connectivity index (χ0n) is 23.2. The number of hydrogen-bond acceptors (Lipinski definition) is 7. The molecule has 2 fully saturated rings. The van der Waals surface area contributed by atoms with E-state index in [9.17, 15) is 14.4 Å². The number of hydrogen-bond donors (Lipinski definition) is 1. The second-order valence-electron chi connectivity index (χ2n) is 10.7. The van der Waals surface area contributed by atoms with Gasteiger partial charge < -0.3 is 14.8 Å². The summed E-state index contributed by atoms with van der Waals surface area (Å²) in [6.07, 6.45) is 3.46. The van der Waals surface area contributed by atoms with Crippen LogP contribution in [0.3, 0.4) is 0 Å². The molecule has 8 nitrogen and oxygen atoms in total. The molecule has 0 radical (unpaired) electrons. The van der Waals surface area contributed by atoms with Crippen molar-refractivity contribution in [1.29, 1.82) is 0 Å². The van der Waals surface area contributed by atoms with Gasteiger partial charge >= 0.3 is 11.9 Å². The Kier molecular flexibility index (Phi) is 9.15. The Labute approximate surface area is 247 Å². The number of pyridine rings is 1. The Hall–Kier alpha value is -3.47. The van der Waals surface area contributed by atoms with Crippen LogP contribution in [-0.4, -0.2) is 59.8 Å². The molecule has 2 heterocycles. The van der Waals surface area contributed by atoms with Crippen molar-refractivity contribution in [2.24, 2.45) is 5.92 Å². The fourth-order valence-corrected chi connectivity index (χ4v) is 5.94. The highest BCUT2D eigenvalue weighted by Gasteiger charge is 2.49. The van der Waals surface area contributed by atoms with Gasteiger partial charge in [0, 0.05) is 31.1 Å². The number of methoxy groups -OCH3 is 1. The predicted octanol–water partition coefficient (Wildman–Crippen LogP) is 5.86. The monoisotopic (exact) mass is 599 g/mol. The van der Waals surface area contributed by atoms with E-state index in [4.69, 9.17) is 21.1 Å². The number of amides is 1. The average Bonchev–Trinajstić information content (AvgIpc) is 3.55. The van der Waals surface area contributed by atoms with E-state index in [0.717, 1.165) is 11.5 Å². The van der Waals surface area contributed by atoms with Crippen molar-refractivity contribution in [3.05, 3.63) is 70.8 Å². The third-order valence-electron chi connectivity index (χ3n) is 8.01. The fraction of sp³-hybridized carbons (Fsp3) is 0.419. The molecule has 1 aromatic heterocycles. The van der Waals surface area contributed by atoms with E-state index in [1.54, 1.807) is 18.2 Å². The molecular formula is C31H32ClF2N3O5. The first-order valence-electron chi connectivity index (χ1n) is 14.1. The fourth-order valence-electron chi connectivity index (χ4n) is 5.71. The van der Waals surface area contributed by atoms with Crippen LogP contribution in [-0.2, 0) is 25.5 Å². The zero-order chi connectivity index (χ0) is 29.9. The number of nitrogens with one attached hydrogen (secondary N) is 1. The number of carbonyl (C=O) groups excluding carboxylic acids is 3. The molecule has 3 aromatic rings. The first-order valence-corrected chi connectivity index (χ1v) is 14.4. The van der Waals surface area contributed by atoms with Gasteiger partial charge in [-0.3, -0.25) is 19.4 Å². The molecule has 2 aromatic carbocycles. The van der Waals surface area contributed by atoms with Crippen LogP contribution in [0.4, 0.5) is 14.5 Å². The maximum atomic E-state index is 16.5. The average molecular weight is 600 g/mol. The largest absolute Gasteiger partial charge is 0.469 e. The molecular weight excluding hydrogens is 568 g/mol. The molecule has 11 heteroatoms. The van der Waals surface area contributed by atoms with E-state index in [2.05, 4.69) is 10.3 Å². The van der Waals surface area contributed by atoms with Gasteiger partial charge in [-0.05, 0) is 67.7 Å². The SMILES string of the molecule is COC(=O)C1CCC(OC(F)(C(=O)Cc2cc(Cl)c(NC(=O)c3nccc4ccccc34)cc2F)N2CCCC2)CC1. The van der Waals surface area contributed by atoms with E-state index < -0.39 is 36.0 Å². The van der Waals surface area contributed by atoms with Crippen LogP contribution < -0.4 is 5.32 Å². The minimum atomic E-state index is -2.74. The molecule has 1 saturated heterocycles. The Bertz CT molecular complexity index is 1490. The molecule has 222 valence electrons. The number of aromatic nitrogens is 1. The first kappa shape index (κ1) is 30.0. The second-order valence-corrected chi connectivity index (χ2v) is 11.1. The quantitative estimate of drug-likeness (QED) is 0.243. The molecule has 1 N–H and O–H groups in total. The van der Waals surface area contributed by atoms with Crippen LogP contribution >= 0.6 is 11.6 Å². The molecule has 1 atom stereocenters. The molecule has 0 bridgehead atoms. The third kappa shape index (κ3) is 6.30. The van der Waals surface area contributed by atoms with Crippen LogP contribution in [0.2, 0.25) is 5.02 Å². The lowest BCUT2D eigenvalue weighted by Crippen LogP contribution is -2.54. The number of halogens is 3. The molecule has 1 aliphatic heterocycles. The zero-order valence-corrected chi connectivity index (χ0v) is 24.0. The number of alkyl halides is 1. The first-order chi connectivity index (χ1) is 20.2. The Balaban J connectivity index is 1.31. The topological polar surface area (TPSA) is 97.8 Å². The van der Waals surface area contributed by atoms with Crippen LogP contribution in [0.5, 0.6) is 0 Å². The van der Waals surface area contributed by atoms with Gasteiger partial charge in [0.2, 0.25) is 5.78 Å². The van der Waals surface area contributed by atoms with Crippen molar-refractivity contribution in [1.82, 2.24) is 9.88 Å². The number of rotatable bonds is 9. The lowest BCUT2D eigenvalue weighted by atomic mass is 9.87. The van der Waals surface area contributed by atoms with Gasteiger partial charge in [0.1, 0.15) is 11.5 Å². The standard InChI is InChI=1S/C31H32ClF2N3O5/c1-41-30(40)20-8-10-22(11-9-20)42-31(34,37-14-4-5-15-37)27(38)17-21-16-24(32)26(18-25(21)33)36-29(39)28-23-7-3-2-6-19(23)12-13-35-28/h2-3,6-7,12-13,16,18,20,22H,4-5,8-11,14-15,17H2,1H3,(H,36,39). The summed E-state index contributed by atoms with van der Waals surface area (Å²) >= 11 is 6.40. The normalized spacial score (nSPS) is 20.7. The second kappa shape index (κ2) is 12.8. The summed E-state index contributed by atoms with van der Waals surface area (Å²) in [5.74, 6) is -5.68. The van der Waals surface area contributed by atoms with E-state index in [1.165, 1.54) is 24.3 Å². The molecule has 42 heavy (non-hydrogen) atoms. The van der Waals surface area contributed by atoms with Crippen LogP contribution in [0.25, 0.3) is 10.8 Å². The van der Waals surface area contributed by atoms with Crippen molar-refractivity contribution in [3.63, 3.8) is 0 Å². The van der Waals surface area contributed by atoms with E-state index >= 15 is 8.78 Å². The summed E-state index contributed by atoms with van der Waals surface area (Å²) in [5, 5.41) is 4.01. The Morgan fingerprint density at radius 1 is 1.10 bits per heavy atom. The highest BCUT2D eigenvalue weighted by molar-refractivity contribution is 6.34. The summed E-state index contributed by atoms with van der Waals surface area (Å²) in [6.45, 7) is 0.659. The number of Topliss-reactive ketones (excluding diaryl/α,β-unsaturated/α-hetero) is 1. The van der Waals surface area contributed by atoms with Crippen molar-refractivity contribution < 1.29 is 32.6 Å². The lowest BCUT2D eigenvalue weighted by molar-refractivity contribution is -0.252. The van der Waals surface area contributed by atoms with Crippen LogP contribution in [0, 0.1) is 11.7 Å². The number of anilines is 1. The number of benzene rings is 2. The van der Waals surface area contributed by atoms with Gasteiger partial charge in [-0.25, -0.2) is 9.29 Å². The Morgan fingerprint density at radius 3 is 2.52 bits per heavy atom. The maximum Gasteiger partial charge on any atom is 0.330 e. The van der Waals surface area contributed by atoms with Gasteiger partial charge in [-0.2, -0.15) is 4.39 Å². The lowest BCUT2D eigenvalue weighted by Gasteiger charge is -2.37. The van der Waals surface area contributed by atoms with Crippen LogP contribution in [0.1, 0.15) is 54.6 Å². The maximum absolute atomic E-state index is 16.5. The molecule has 1 unspecified atom stereocenters. The summed E-state index contributed by atoms with van der Waals surface area (Å²) in [7, 11) is 1.33. The number of ether oxygens (including phenoxy) is 2.